The van der Waals surface area contributed by atoms with Gasteiger partial charge < -0.3 is 14.8 Å². The maximum absolute atomic E-state index is 13.8. The van der Waals surface area contributed by atoms with E-state index in [4.69, 9.17) is 14.8 Å². The van der Waals surface area contributed by atoms with E-state index in [-0.39, 0.29) is 5.46 Å². The third kappa shape index (κ3) is 3.08. The largest absolute Gasteiger partial charge is 0.488 e. The first kappa shape index (κ1) is 13.5. The maximum atomic E-state index is 13.8. The van der Waals surface area contributed by atoms with Gasteiger partial charge in [-0.25, -0.2) is 4.39 Å². The molecule has 2 N–H and O–H groups in total. The summed E-state index contributed by atoms with van der Waals surface area (Å²) in [5, 5.41) is 17.9. The molecule has 0 bridgehead atoms. The van der Waals surface area contributed by atoms with Gasteiger partial charge in [0.05, 0.1) is 6.61 Å². The normalized spacial score (nSPS) is 19.5. The number of halogens is 1. The third-order valence-corrected chi connectivity index (χ3v) is 3.32. The minimum atomic E-state index is -1.63. The minimum absolute atomic E-state index is 0.170. The van der Waals surface area contributed by atoms with Crippen LogP contribution in [0.1, 0.15) is 12.0 Å². The lowest BCUT2D eigenvalue weighted by Crippen LogP contribution is -2.33. The Morgan fingerprint density at radius 3 is 2.83 bits per heavy atom. The molecule has 18 heavy (non-hydrogen) atoms. The molecular formula is C12H17BFNO3. The van der Waals surface area contributed by atoms with E-state index in [0.29, 0.717) is 24.8 Å². The number of nitrogens with zero attached hydrogens (tertiary/aromatic N) is 1. The van der Waals surface area contributed by atoms with E-state index in [9.17, 15) is 4.39 Å². The fourth-order valence-electron chi connectivity index (χ4n) is 2.12. The molecule has 6 heteroatoms. The van der Waals surface area contributed by atoms with E-state index in [1.807, 2.05) is 7.05 Å². The predicted molar refractivity (Wildman–Crippen MR) is 66.9 cm³/mol. The molecule has 1 unspecified atom stereocenters. The summed E-state index contributed by atoms with van der Waals surface area (Å²) in [6.45, 7) is 1.93. The summed E-state index contributed by atoms with van der Waals surface area (Å²) in [6.07, 6.45) is 0.964. The fourth-order valence-corrected chi connectivity index (χ4v) is 2.12. The number of likely N-dealkylation sites (N-methyl/N-ethyl adjacent to an activating group) is 1. The highest BCUT2D eigenvalue weighted by molar-refractivity contribution is 6.58. The van der Waals surface area contributed by atoms with Crippen LogP contribution in [0, 0.1) is 5.82 Å². The second kappa shape index (κ2) is 5.80. The van der Waals surface area contributed by atoms with Gasteiger partial charge in [0.1, 0.15) is 5.82 Å². The van der Waals surface area contributed by atoms with Gasteiger partial charge in [-0.2, -0.15) is 0 Å². The number of benzene rings is 1. The van der Waals surface area contributed by atoms with Crippen molar-refractivity contribution in [2.45, 2.75) is 19.0 Å². The first-order valence-corrected chi connectivity index (χ1v) is 6.00. The molecule has 1 heterocycles. The van der Waals surface area contributed by atoms with E-state index in [0.717, 1.165) is 13.0 Å². The molecule has 0 amide bonds. The number of hydrogen-bond acceptors (Lipinski definition) is 4. The van der Waals surface area contributed by atoms with Crippen molar-refractivity contribution < 1.29 is 19.2 Å². The van der Waals surface area contributed by atoms with Gasteiger partial charge in [-0.15, -0.1) is 0 Å². The van der Waals surface area contributed by atoms with Gasteiger partial charge >= 0.3 is 7.12 Å². The lowest BCUT2D eigenvalue weighted by molar-refractivity contribution is 0.155. The van der Waals surface area contributed by atoms with Crippen LogP contribution in [-0.2, 0) is 11.3 Å². The van der Waals surface area contributed by atoms with Gasteiger partial charge in [0.15, 0.2) is 0 Å². The second-order valence-electron chi connectivity index (χ2n) is 4.66. The summed E-state index contributed by atoms with van der Waals surface area (Å²) in [5.41, 5.74) is 0.719. The van der Waals surface area contributed by atoms with Gasteiger partial charge in [0.2, 0.25) is 0 Å². The van der Waals surface area contributed by atoms with Crippen LogP contribution in [-0.4, -0.2) is 48.4 Å². The Labute approximate surface area is 106 Å². The van der Waals surface area contributed by atoms with Crippen LogP contribution < -0.4 is 5.46 Å². The molecule has 1 saturated heterocycles. The quantitative estimate of drug-likeness (QED) is 0.725. The van der Waals surface area contributed by atoms with Crippen molar-refractivity contribution in [2.75, 3.05) is 20.3 Å². The third-order valence-electron chi connectivity index (χ3n) is 3.32. The molecule has 1 aliphatic rings. The molecule has 0 saturated carbocycles. The molecule has 1 atom stereocenters. The van der Waals surface area contributed by atoms with Crippen LogP contribution in [0.4, 0.5) is 4.39 Å². The van der Waals surface area contributed by atoms with Crippen LogP contribution >= 0.6 is 0 Å². The van der Waals surface area contributed by atoms with Gasteiger partial charge in [-0.3, -0.25) is 4.90 Å². The molecule has 4 nitrogen and oxygen atoms in total. The van der Waals surface area contributed by atoms with Crippen molar-refractivity contribution >= 4 is 12.6 Å². The SMILES string of the molecule is CN(Cc1ccc(B(O)O)cc1F)C1CCOC1. The van der Waals surface area contributed by atoms with E-state index in [1.54, 1.807) is 6.07 Å². The highest BCUT2D eigenvalue weighted by Crippen LogP contribution is 2.15. The molecule has 2 rings (SSSR count). The van der Waals surface area contributed by atoms with E-state index in [1.165, 1.54) is 12.1 Å². The summed E-state index contributed by atoms with van der Waals surface area (Å²) in [7, 11) is 0.308. The Morgan fingerprint density at radius 1 is 1.50 bits per heavy atom. The molecule has 0 radical (unpaired) electrons. The number of ether oxygens (including phenoxy) is 1. The minimum Gasteiger partial charge on any atom is -0.423 e. The van der Waals surface area contributed by atoms with E-state index in [2.05, 4.69) is 4.90 Å². The van der Waals surface area contributed by atoms with Crippen molar-refractivity contribution in [2.24, 2.45) is 0 Å². The summed E-state index contributed by atoms with van der Waals surface area (Å²) in [5.74, 6) is -0.411. The van der Waals surface area contributed by atoms with E-state index >= 15 is 0 Å². The van der Waals surface area contributed by atoms with Gasteiger partial charge in [0.25, 0.3) is 0 Å². The highest BCUT2D eigenvalue weighted by atomic mass is 19.1. The molecule has 1 aliphatic heterocycles. The molecule has 0 spiro atoms. The Bertz CT molecular complexity index is 410. The number of hydrogen-bond donors (Lipinski definition) is 2. The molecule has 1 aromatic rings. The van der Waals surface area contributed by atoms with Crippen LogP contribution in [0.15, 0.2) is 18.2 Å². The summed E-state index contributed by atoms with van der Waals surface area (Å²) < 4.78 is 19.1. The van der Waals surface area contributed by atoms with Crippen molar-refractivity contribution in [3.8, 4) is 0 Å². The molecule has 1 fully saturated rings. The van der Waals surface area contributed by atoms with Crippen LogP contribution in [0.3, 0.4) is 0 Å². The highest BCUT2D eigenvalue weighted by Gasteiger charge is 2.21. The summed E-state index contributed by atoms with van der Waals surface area (Å²) in [6, 6.07) is 4.62. The molecule has 1 aromatic carbocycles. The van der Waals surface area contributed by atoms with Crippen molar-refractivity contribution in [1.82, 2.24) is 4.90 Å². The van der Waals surface area contributed by atoms with Gasteiger partial charge in [0, 0.05) is 24.8 Å². The Kier molecular flexibility index (Phi) is 4.34. The summed E-state index contributed by atoms with van der Waals surface area (Å²) in [4.78, 5) is 2.06. The summed E-state index contributed by atoms with van der Waals surface area (Å²) >= 11 is 0. The maximum Gasteiger partial charge on any atom is 0.488 e. The zero-order chi connectivity index (χ0) is 13.1. The lowest BCUT2D eigenvalue weighted by Gasteiger charge is -2.23. The average molecular weight is 253 g/mol. The van der Waals surface area contributed by atoms with Crippen molar-refractivity contribution in [1.29, 1.82) is 0 Å². The smallest absolute Gasteiger partial charge is 0.423 e. The van der Waals surface area contributed by atoms with Gasteiger partial charge in [-0.1, -0.05) is 12.1 Å². The van der Waals surface area contributed by atoms with Crippen LogP contribution in [0.5, 0.6) is 0 Å². The van der Waals surface area contributed by atoms with Crippen molar-refractivity contribution in [3.05, 3.63) is 29.6 Å². The topological polar surface area (TPSA) is 52.9 Å². The van der Waals surface area contributed by atoms with Gasteiger partial charge in [-0.05, 0) is 25.0 Å². The molecule has 0 aromatic heterocycles. The average Bonchev–Trinajstić information content (AvgIpc) is 2.85. The Morgan fingerprint density at radius 2 is 2.28 bits per heavy atom. The standard InChI is InChI=1S/C12H17BFNO3/c1-15(11-4-5-18-8-11)7-9-2-3-10(13(16)17)6-12(9)14/h2-3,6,11,16-17H,4-5,7-8H2,1H3. The monoisotopic (exact) mass is 253 g/mol. The van der Waals surface area contributed by atoms with E-state index < -0.39 is 12.9 Å². The Hall–Kier alpha value is -0.945. The zero-order valence-corrected chi connectivity index (χ0v) is 10.3. The zero-order valence-electron chi connectivity index (χ0n) is 10.3. The number of rotatable bonds is 4. The first-order valence-electron chi connectivity index (χ1n) is 6.00. The first-order chi connectivity index (χ1) is 8.58. The fraction of sp³-hybridized carbons (Fsp3) is 0.500. The van der Waals surface area contributed by atoms with Crippen LogP contribution in [0.25, 0.3) is 0 Å². The van der Waals surface area contributed by atoms with Crippen LogP contribution in [0.2, 0.25) is 0 Å². The molecule has 98 valence electrons. The molecular weight excluding hydrogens is 236 g/mol. The predicted octanol–water partition coefficient (Wildman–Crippen LogP) is -0.274. The molecule has 0 aliphatic carbocycles. The Balaban J connectivity index is 2.04. The second-order valence-corrected chi connectivity index (χ2v) is 4.66. The van der Waals surface area contributed by atoms with Crippen molar-refractivity contribution in [3.63, 3.8) is 0 Å². The lowest BCUT2D eigenvalue weighted by atomic mass is 9.80.